The summed E-state index contributed by atoms with van der Waals surface area (Å²) in [6.07, 6.45) is 0. The topological polar surface area (TPSA) is 46.9 Å². The minimum absolute atomic E-state index is 0.0141. The van der Waals surface area contributed by atoms with Crippen molar-refractivity contribution < 1.29 is 4.79 Å². The van der Waals surface area contributed by atoms with Gasteiger partial charge in [-0.25, -0.2) is 4.68 Å². The highest BCUT2D eigenvalue weighted by Gasteiger charge is 2.32. The number of hydrogen-bond acceptors (Lipinski definition) is 3. The maximum absolute atomic E-state index is 12.6. The molecule has 0 saturated heterocycles. The van der Waals surface area contributed by atoms with Crippen LogP contribution in [-0.2, 0) is 4.79 Å². The van der Waals surface area contributed by atoms with Gasteiger partial charge in [-0.05, 0) is 29.8 Å². The van der Waals surface area contributed by atoms with E-state index in [9.17, 15) is 4.79 Å². The van der Waals surface area contributed by atoms with E-state index in [1.54, 1.807) is 11.8 Å². The van der Waals surface area contributed by atoms with Crippen molar-refractivity contribution in [1.82, 2.24) is 9.78 Å². The number of nitrogens with one attached hydrogen (secondary N) is 1. The van der Waals surface area contributed by atoms with Crippen molar-refractivity contribution in [3.8, 4) is 16.9 Å². The molecule has 1 aliphatic rings. The molecule has 0 aliphatic carbocycles. The number of fused-ring (bicyclic) bond motifs is 1. The molecule has 1 aromatic heterocycles. The molecule has 1 aliphatic heterocycles. The number of thioether (sulfide) groups is 1. The molecular formula is C24H18BrN3OS. The average Bonchev–Trinajstić information content (AvgIpc) is 3.06. The molecule has 4 nitrogen and oxygen atoms in total. The number of benzene rings is 3. The highest BCUT2D eigenvalue weighted by atomic mass is 79.9. The second-order valence-electron chi connectivity index (χ2n) is 7.02. The molecule has 3 aromatic carbocycles. The molecule has 0 bridgehead atoms. The van der Waals surface area contributed by atoms with Crippen LogP contribution in [0.5, 0.6) is 0 Å². The Bertz CT molecular complexity index is 1190. The summed E-state index contributed by atoms with van der Waals surface area (Å²) in [7, 11) is 0. The molecule has 1 unspecified atom stereocenters. The first-order chi connectivity index (χ1) is 14.7. The van der Waals surface area contributed by atoms with Crippen molar-refractivity contribution in [1.29, 1.82) is 0 Å². The van der Waals surface area contributed by atoms with E-state index in [0.29, 0.717) is 5.75 Å². The van der Waals surface area contributed by atoms with Crippen LogP contribution >= 0.6 is 27.7 Å². The predicted octanol–water partition coefficient (Wildman–Crippen LogP) is 6.08. The van der Waals surface area contributed by atoms with E-state index in [1.807, 2.05) is 65.3 Å². The third-order valence-electron chi connectivity index (χ3n) is 5.04. The van der Waals surface area contributed by atoms with Gasteiger partial charge < -0.3 is 5.32 Å². The number of para-hydroxylation sites is 1. The lowest BCUT2D eigenvalue weighted by molar-refractivity contribution is -0.113. The van der Waals surface area contributed by atoms with Crippen LogP contribution < -0.4 is 5.32 Å². The van der Waals surface area contributed by atoms with Crippen LogP contribution in [0, 0.1) is 0 Å². The summed E-state index contributed by atoms with van der Waals surface area (Å²) in [4.78, 5) is 12.6. The third kappa shape index (κ3) is 3.57. The first-order valence-corrected chi connectivity index (χ1v) is 11.5. The Morgan fingerprint density at radius 2 is 1.60 bits per heavy atom. The molecule has 0 saturated carbocycles. The predicted molar refractivity (Wildman–Crippen MR) is 126 cm³/mol. The maximum atomic E-state index is 12.6. The van der Waals surface area contributed by atoms with Crippen molar-refractivity contribution in [2.75, 3.05) is 11.1 Å². The van der Waals surface area contributed by atoms with Crippen LogP contribution in [0.1, 0.15) is 16.4 Å². The number of amides is 1. The summed E-state index contributed by atoms with van der Waals surface area (Å²) in [6, 6.07) is 28.4. The van der Waals surface area contributed by atoms with Gasteiger partial charge in [0, 0.05) is 15.6 Å². The first kappa shape index (κ1) is 19.2. The molecule has 0 fully saturated rings. The Morgan fingerprint density at radius 3 is 2.30 bits per heavy atom. The number of rotatable bonds is 3. The van der Waals surface area contributed by atoms with Crippen molar-refractivity contribution in [3.63, 3.8) is 0 Å². The molecule has 6 heteroatoms. The average molecular weight is 476 g/mol. The highest BCUT2D eigenvalue weighted by molar-refractivity contribution is 9.10. The van der Waals surface area contributed by atoms with E-state index in [2.05, 4.69) is 45.5 Å². The number of carbonyl (C=O) groups excluding carboxylic acids is 1. The van der Waals surface area contributed by atoms with Gasteiger partial charge in [0.15, 0.2) is 0 Å². The van der Waals surface area contributed by atoms with Crippen LogP contribution in [0.2, 0.25) is 0 Å². The zero-order chi connectivity index (χ0) is 20.5. The van der Waals surface area contributed by atoms with Gasteiger partial charge in [0.1, 0.15) is 5.82 Å². The summed E-state index contributed by atoms with van der Waals surface area (Å²) in [5.41, 5.74) is 5.01. The van der Waals surface area contributed by atoms with Crippen LogP contribution in [0.25, 0.3) is 16.9 Å². The molecule has 4 aromatic rings. The number of hydrogen-bond donors (Lipinski definition) is 1. The molecule has 0 radical (unpaired) electrons. The smallest absolute Gasteiger partial charge is 0.235 e. The number of aromatic nitrogens is 2. The van der Waals surface area contributed by atoms with Gasteiger partial charge in [0.05, 0.1) is 22.4 Å². The molecule has 1 atom stereocenters. The van der Waals surface area contributed by atoms with Crippen LogP contribution in [0.3, 0.4) is 0 Å². The highest BCUT2D eigenvalue weighted by Crippen LogP contribution is 2.46. The van der Waals surface area contributed by atoms with E-state index < -0.39 is 0 Å². The van der Waals surface area contributed by atoms with Crippen LogP contribution in [-0.4, -0.2) is 21.4 Å². The van der Waals surface area contributed by atoms with Gasteiger partial charge in [-0.1, -0.05) is 76.6 Å². The second-order valence-corrected chi connectivity index (χ2v) is 9.02. The summed E-state index contributed by atoms with van der Waals surface area (Å²) in [5, 5.41) is 8.09. The number of halogens is 1. The van der Waals surface area contributed by atoms with Crippen molar-refractivity contribution in [2.45, 2.75) is 5.25 Å². The Morgan fingerprint density at radius 1 is 0.933 bits per heavy atom. The van der Waals surface area contributed by atoms with Crippen molar-refractivity contribution in [3.05, 3.63) is 101 Å². The van der Waals surface area contributed by atoms with E-state index in [4.69, 9.17) is 5.10 Å². The Labute approximate surface area is 187 Å². The minimum Gasteiger partial charge on any atom is -0.310 e. The van der Waals surface area contributed by atoms with Gasteiger partial charge in [0.2, 0.25) is 5.91 Å². The zero-order valence-corrected chi connectivity index (χ0v) is 18.4. The molecule has 1 amide bonds. The van der Waals surface area contributed by atoms with Gasteiger partial charge >= 0.3 is 0 Å². The normalized spacial score (nSPS) is 15.9. The molecule has 5 rings (SSSR count). The summed E-state index contributed by atoms with van der Waals surface area (Å²) < 4.78 is 2.88. The summed E-state index contributed by atoms with van der Waals surface area (Å²) >= 11 is 5.15. The maximum Gasteiger partial charge on any atom is 0.235 e. The number of anilines is 1. The zero-order valence-electron chi connectivity index (χ0n) is 16.0. The molecule has 0 spiro atoms. The molecule has 1 N–H and O–H groups in total. The van der Waals surface area contributed by atoms with E-state index >= 15 is 0 Å². The SMILES string of the molecule is O=C1CSC(c2ccc(Br)cc2)c2c(-c3ccccc3)nn(-c3ccccc3)c2N1. The largest absolute Gasteiger partial charge is 0.310 e. The standard InChI is InChI=1S/C24H18BrN3OS/c25-18-13-11-17(12-14-18)23-21-22(16-7-3-1-4-8-16)27-28(19-9-5-2-6-10-19)24(21)26-20(29)15-30-23/h1-14,23H,15H2,(H,26,29). The quantitative estimate of drug-likeness (QED) is 0.390. The Kier molecular flexibility index (Phi) is 5.19. The third-order valence-corrected chi connectivity index (χ3v) is 6.84. The number of carbonyl (C=O) groups is 1. The van der Waals surface area contributed by atoms with Gasteiger partial charge in [-0.3, -0.25) is 4.79 Å². The monoisotopic (exact) mass is 475 g/mol. The van der Waals surface area contributed by atoms with Gasteiger partial charge in [-0.15, -0.1) is 11.8 Å². The minimum atomic E-state index is -0.0162. The summed E-state index contributed by atoms with van der Waals surface area (Å²) in [5.74, 6) is 1.11. The van der Waals surface area contributed by atoms with Crippen LogP contribution in [0.15, 0.2) is 89.4 Å². The molecule has 2 heterocycles. The lowest BCUT2D eigenvalue weighted by Crippen LogP contribution is -2.15. The van der Waals surface area contributed by atoms with E-state index in [1.165, 1.54) is 0 Å². The van der Waals surface area contributed by atoms with Gasteiger partial charge in [-0.2, -0.15) is 5.10 Å². The van der Waals surface area contributed by atoms with E-state index in [-0.39, 0.29) is 11.2 Å². The van der Waals surface area contributed by atoms with Gasteiger partial charge in [0.25, 0.3) is 0 Å². The second kappa shape index (κ2) is 8.13. The van der Waals surface area contributed by atoms with E-state index in [0.717, 1.165) is 38.4 Å². The Hall–Kier alpha value is -2.83. The molecule has 30 heavy (non-hydrogen) atoms. The fourth-order valence-corrected chi connectivity index (χ4v) is 5.07. The van der Waals surface area contributed by atoms with Crippen molar-refractivity contribution >= 4 is 39.4 Å². The van der Waals surface area contributed by atoms with Crippen LogP contribution in [0.4, 0.5) is 5.82 Å². The fourth-order valence-electron chi connectivity index (χ4n) is 3.67. The lowest BCUT2D eigenvalue weighted by Gasteiger charge is -2.16. The fraction of sp³-hybridized carbons (Fsp3) is 0.0833. The Balaban J connectivity index is 1.78. The first-order valence-electron chi connectivity index (χ1n) is 9.61. The molecular weight excluding hydrogens is 458 g/mol. The number of nitrogens with zero attached hydrogens (tertiary/aromatic N) is 2. The lowest BCUT2D eigenvalue weighted by atomic mass is 10.00. The summed E-state index contributed by atoms with van der Waals surface area (Å²) in [6.45, 7) is 0. The molecule has 148 valence electrons. The van der Waals surface area contributed by atoms with Crippen molar-refractivity contribution in [2.24, 2.45) is 0 Å².